The number of carboxylic acids is 1. The second-order valence-electron chi connectivity index (χ2n) is 8.15. The second kappa shape index (κ2) is 12.0. The predicted octanol–water partition coefficient (Wildman–Crippen LogP) is -0.0907. The first-order valence-corrected chi connectivity index (χ1v) is 10.7. The van der Waals surface area contributed by atoms with Crippen LogP contribution < -0.4 is 21.3 Å². The molecule has 0 saturated carbocycles. The molecule has 4 unspecified atom stereocenters. The maximum Gasteiger partial charge on any atom is 0.326 e. The van der Waals surface area contributed by atoms with Gasteiger partial charge in [-0.3, -0.25) is 14.4 Å². The summed E-state index contributed by atoms with van der Waals surface area (Å²) in [6.07, 6.45) is 2.03. The van der Waals surface area contributed by atoms with Crippen molar-refractivity contribution in [2.24, 2.45) is 11.8 Å². The maximum absolute atomic E-state index is 12.8. The summed E-state index contributed by atoms with van der Waals surface area (Å²) < 4.78 is 0. The Kier molecular flexibility index (Phi) is 10.5. The van der Waals surface area contributed by atoms with Crippen LogP contribution in [0.5, 0.6) is 0 Å². The number of rotatable bonds is 11. The molecule has 10 heteroatoms. The van der Waals surface area contributed by atoms with Crippen molar-refractivity contribution in [3.63, 3.8) is 0 Å². The Bertz CT molecular complexity index is 593. The van der Waals surface area contributed by atoms with Crippen LogP contribution in [0.2, 0.25) is 0 Å². The van der Waals surface area contributed by atoms with Gasteiger partial charge in [0.05, 0.1) is 6.04 Å². The Morgan fingerprint density at radius 3 is 2.10 bits per heavy atom. The highest BCUT2D eigenvalue weighted by Crippen LogP contribution is 2.10. The Hall–Kier alpha value is -1.81. The molecule has 0 bridgehead atoms. The molecule has 5 N–H and O–H groups in total. The van der Waals surface area contributed by atoms with E-state index < -0.39 is 35.9 Å². The summed E-state index contributed by atoms with van der Waals surface area (Å²) in [5.74, 6) is -2.68. The van der Waals surface area contributed by atoms with Gasteiger partial charge in [-0.15, -0.1) is 0 Å². The normalized spacial score (nSPS) is 19.5. The SMILES string of the molecule is CC(C)CC(NC(=O)C1CCCN1)C(=O)NC(CS)C(=O)NC(C(=O)O)C(C)C. The number of nitrogens with one attached hydrogen (secondary N) is 4. The fourth-order valence-corrected chi connectivity index (χ4v) is 3.37. The Morgan fingerprint density at radius 2 is 1.66 bits per heavy atom. The summed E-state index contributed by atoms with van der Waals surface area (Å²) in [5, 5.41) is 20.1. The van der Waals surface area contributed by atoms with Crippen LogP contribution >= 0.6 is 12.6 Å². The molecule has 29 heavy (non-hydrogen) atoms. The molecule has 3 amide bonds. The van der Waals surface area contributed by atoms with Crippen LogP contribution in [0.25, 0.3) is 0 Å². The van der Waals surface area contributed by atoms with Crippen molar-refractivity contribution in [1.82, 2.24) is 21.3 Å². The lowest BCUT2D eigenvalue weighted by Gasteiger charge is -2.26. The third-order valence-corrected chi connectivity index (χ3v) is 5.13. The first-order valence-electron chi connectivity index (χ1n) is 10.0. The van der Waals surface area contributed by atoms with E-state index in [9.17, 15) is 24.3 Å². The number of carbonyl (C=O) groups is 4. The van der Waals surface area contributed by atoms with Crippen molar-refractivity contribution in [2.75, 3.05) is 12.3 Å². The number of amides is 3. The lowest BCUT2D eigenvalue weighted by Crippen LogP contribution is -2.58. The summed E-state index contributed by atoms with van der Waals surface area (Å²) in [5.41, 5.74) is 0. The zero-order chi connectivity index (χ0) is 22.1. The van der Waals surface area contributed by atoms with Crippen LogP contribution in [-0.2, 0) is 19.2 Å². The highest BCUT2D eigenvalue weighted by molar-refractivity contribution is 7.80. The van der Waals surface area contributed by atoms with Crippen LogP contribution in [0.15, 0.2) is 0 Å². The van der Waals surface area contributed by atoms with Gasteiger partial charge in [0.1, 0.15) is 18.1 Å². The van der Waals surface area contributed by atoms with E-state index in [4.69, 9.17) is 0 Å². The molecule has 0 aromatic heterocycles. The van der Waals surface area contributed by atoms with Crippen molar-refractivity contribution in [3.05, 3.63) is 0 Å². The molecule has 0 spiro atoms. The molecule has 1 saturated heterocycles. The molecule has 1 aliphatic heterocycles. The molecule has 0 aromatic carbocycles. The Morgan fingerprint density at radius 1 is 1.03 bits per heavy atom. The molecule has 0 radical (unpaired) electrons. The molecule has 1 rings (SSSR count). The van der Waals surface area contributed by atoms with Gasteiger partial charge in [0.2, 0.25) is 17.7 Å². The highest BCUT2D eigenvalue weighted by Gasteiger charge is 2.31. The van der Waals surface area contributed by atoms with Gasteiger partial charge in [0.15, 0.2) is 0 Å². The van der Waals surface area contributed by atoms with E-state index in [1.165, 1.54) is 0 Å². The molecule has 166 valence electrons. The van der Waals surface area contributed by atoms with E-state index in [1.54, 1.807) is 13.8 Å². The first-order chi connectivity index (χ1) is 13.6. The van der Waals surface area contributed by atoms with Crippen LogP contribution in [0.3, 0.4) is 0 Å². The van der Waals surface area contributed by atoms with Crippen molar-refractivity contribution in [2.45, 2.75) is 71.1 Å². The van der Waals surface area contributed by atoms with Gasteiger partial charge in [0, 0.05) is 5.75 Å². The van der Waals surface area contributed by atoms with Gasteiger partial charge >= 0.3 is 5.97 Å². The highest BCUT2D eigenvalue weighted by atomic mass is 32.1. The topological polar surface area (TPSA) is 137 Å². The zero-order valence-electron chi connectivity index (χ0n) is 17.5. The summed E-state index contributed by atoms with van der Waals surface area (Å²) in [4.78, 5) is 49.0. The standard InChI is InChI=1S/C19H34N4O5S/c1-10(2)8-13(21-16(24)12-6-5-7-20-12)17(25)22-14(9-29)18(26)23-15(11(3)4)19(27)28/h10-15,20,29H,5-9H2,1-4H3,(H,21,24)(H,22,25)(H,23,26)(H,27,28). The maximum atomic E-state index is 12.8. The van der Waals surface area contributed by atoms with Crippen molar-refractivity contribution in [1.29, 1.82) is 0 Å². The van der Waals surface area contributed by atoms with E-state index in [2.05, 4.69) is 33.9 Å². The summed E-state index contributed by atoms with van der Waals surface area (Å²) in [6, 6.07) is -3.19. The van der Waals surface area contributed by atoms with Crippen LogP contribution in [-0.4, -0.2) is 65.3 Å². The van der Waals surface area contributed by atoms with E-state index in [-0.39, 0.29) is 29.5 Å². The number of thiol groups is 1. The number of aliphatic carboxylic acids is 1. The van der Waals surface area contributed by atoms with Gasteiger partial charge < -0.3 is 26.4 Å². The lowest BCUT2D eigenvalue weighted by atomic mass is 10.0. The third-order valence-electron chi connectivity index (χ3n) is 4.76. The number of hydrogen-bond acceptors (Lipinski definition) is 6. The number of carboxylic acid groups (broad SMARTS) is 1. The average molecular weight is 431 g/mol. The van der Waals surface area contributed by atoms with Crippen molar-refractivity contribution >= 4 is 36.3 Å². The minimum atomic E-state index is -1.15. The summed E-state index contributed by atoms with van der Waals surface area (Å²) in [6.45, 7) is 7.99. The molecular weight excluding hydrogens is 396 g/mol. The van der Waals surface area contributed by atoms with Crippen LogP contribution in [0.1, 0.15) is 47.0 Å². The van der Waals surface area contributed by atoms with E-state index in [0.29, 0.717) is 6.42 Å². The van der Waals surface area contributed by atoms with Gasteiger partial charge in [-0.05, 0) is 37.6 Å². The number of hydrogen-bond donors (Lipinski definition) is 6. The van der Waals surface area contributed by atoms with Crippen LogP contribution in [0.4, 0.5) is 0 Å². The average Bonchev–Trinajstić information content (AvgIpc) is 3.16. The molecule has 4 atom stereocenters. The monoisotopic (exact) mass is 430 g/mol. The fourth-order valence-electron chi connectivity index (χ4n) is 3.12. The first kappa shape index (κ1) is 25.2. The van der Waals surface area contributed by atoms with E-state index in [1.807, 2.05) is 13.8 Å². The predicted molar refractivity (Wildman–Crippen MR) is 113 cm³/mol. The zero-order valence-corrected chi connectivity index (χ0v) is 18.4. The Balaban J connectivity index is 2.79. The summed E-state index contributed by atoms with van der Waals surface area (Å²) in [7, 11) is 0. The molecule has 0 aliphatic carbocycles. The van der Waals surface area contributed by atoms with Crippen LogP contribution in [0, 0.1) is 11.8 Å². The third kappa shape index (κ3) is 8.22. The fraction of sp³-hybridized carbons (Fsp3) is 0.789. The van der Waals surface area contributed by atoms with Gasteiger partial charge in [-0.2, -0.15) is 12.6 Å². The lowest BCUT2D eigenvalue weighted by molar-refractivity contribution is -0.143. The molecule has 0 aromatic rings. The van der Waals surface area contributed by atoms with Gasteiger partial charge in [0.25, 0.3) is 0 Å². The van der Waals surface area contributed by atoms with Gasteiger partial charge in [-0.25, -0.2) is 4.79 Å². The molecule has 1 aliphatic rings. The minimum Gasteiger partial charge on any atom is -0.480 e. The van der Waals surface area contributed by atoms with E-state index >= 15 is 0 Å². The largest absolute Gasteiger partial charge is 0.480 e. The quantitative estimate of drug-likeness (QED) is 0.254. The Labute approximate surface area is 177 Å². The molecular formula is C19H34N4O5S. The second-order valence-corrected chi connectivity index (χ2v) is 8.52. The van der Waals surface area contributed by atoms with Crippen molar-refractivity contribution < 1.29 is 24.3 Å². The summed E-state index contributed by atoms with van der Waals surface area (Å²) >= 11 is 4.11. The molecule has 1 heterocycles. The molecule has 1 fully saturated rings. The van der Waals surface area contributed by atoms with Crippen molar-refractivity contribution in [3.8, 4) is 0 Å². The molecule has 9 nitrogen and oxygen atoms in total. The van der Waals surface area contributed by atoms with E-state index in [0.717, 1.165) is 19.4 Å². The number of carbonyl (C=O) groups excluding carboxylic acids is 3. The van der Waals surface area contributed by atoms with Gasteiger partial charge in [-0.1, -0.05) is 27.7 Å². The smallest absolute Gasteiger partial charge is 0.326 e. The minimum absolute atomic E-state index is 0.00542.